The molecule has 1 fully saturated rings. The molecule has 1 aliphatic rings. The maximum absolute atomic E-state index is 10.8. The quantitative estimate of drug-likeness (QED) is 0.855. The number of carboxylic acids is 1. The van der Waals surface area contributed by atoms with Crippen LogP contribution in [0.1, 0.15) is 31.3 Å². The Morgan fingerprint density at radius 1 is 1.53 bits per heavy atom. The molecule has 2 heterocycles. The summed E-state index contributed by atoms with van der Waals surface area (Å²) in [6, 6.07) is 3.17. The summed E-state index contributed by atoms with van der Waals surface area (Å²) in [5.41, 5.74) is -0.256. The number of hydrogen-bond donors (Lipinski definition) is 1. The molecule has 0 amide bonds. The van der Waals surface area contributed by atoms with Crippen LogP contribution in [0.5, 0.6) is 0 Å². The molecule has 0 radical (unpaired) electrons. The average Bonchev–Trinajstić information content (AvgIpc) is 2.62. The van der Waals surface area contributed by atoms with Crippen LogP contribution >= 0.6 is 0 Å². The number of morpholine rings is 1. The van der Waals surface area contributed by atoms with Crippen molar-refractivity contribution in [2.45, 2.75) is 32.5 Å². The smallest absolute Gasteiger partial charge is 0.371 e. The Bertz CT molecular complexity index is 424. The average molecular weight is 239 g/mol. The second-order valence-corrected chi connectivity index (χ2v) is 5.01. The fraction of sp³-hybridized carbons (Fsp3) is 0.583. The van der Waals surface area contributed by atoms with Gasteiger partial charge in [0, 0.05) is 19.2 Å². The van der Waals surface area contributed by atoms with E-state index in [1.807, 2.05) is 25.7 Å². The first-order chi connectivity index (χ1) is 7.87. The topological polar surface area (TPSA) is 62.9 Å². The Hall–Kier alpha value is -1.49. The molecule has 1 aromatic heterocycles. The molecule has 1 N–H and O–H groups in total. The molecule has 94 valence electrons. The van der Waals surface area contributed by atoms with Gasteiger partial charge >= 0.3 is 5.97 Å². The second kappa shape index (κ2) is 4.07. The number of rotatable bonds is 2. The van der Waals surface area contributed by atoms with Gasteiger partial charge in [0.25, 0.3) is 0 Å². The molecule has 0 aliphatic carbocycles. The number of carboxylic acid groups (broad SMARTS) is 1. The van der Waals surface area contributed by atoms with Crippen LogP contribution in [-0.2, 0) is 4.74 Å². The number of aromatic carboxylic acids is 1. The molecular weight excluding hydrogens is 222 g/mol. The normalized spacial score (nSPS) is 23.7. The van der Waals surface area contributed by atoms with Gasteiger partial charge in [0.05, 0.1) is 11.7 Å². The Kier molecular flexibility index (Phi) is 2.87. The third-order valence-electron chi connectivity index (χ3n) is 2.68. The Morgan fingerprint density at radius 3 is 2.76 bits per heavy atom. The van der Waals surface area contributed by atoms with Gasteiger partial charge in [0.15, 0.2) is 5.88 Å². The molecule has 2 rings (SSSR count). The molecule has 0 spiro atoms. The van der Waals surface area contributed by atoms with Gasteiger partial charge in [-0.25, -0.2) is 4.79 Å². The second-order valence-electron chi connectivity index (χ2n) is 5.01. The summed E-state index contributed by atoms with van der Waals surface area (Å²) in [6.45, 7) is 7.41. The van der Waals surface area contributed by atoms with Gasteiger partial charge in [-0.15, -0.1) is 0 Å². The Morgan fingerprint density at radius 2 is 2.24 bits per heavy atom. The van der Waals surface area contributed by atoms with Gasteiger partial charge in [-0.1, -0.05) is 0 Å². The highest BCUT2D eigenvalue weighted by Gasteiger charge is 2.32. The van der Waals surface area contributed by atoms with Crippen molar-refractivity contribution in [2.75, 3.05) is 18.0 Å². The predicted octanol–water partition coefficient (Wildman–Crippen LogP) is 1.98. The minimum Gasteiger partial charge on any atom is -0.475 e. The molecule has 1 aliphatic heterocycles. The van der Waals surface area contributed by atoms with E-state index in [4.69, 9.17) is 14.3 Å². The van der Waals surface area contributed by atoms with E-state index in [1.165, 1.54) is 6.07 Å². The van der Waals surface area contributed by atoms with E-state index in [9.17, 15) is 4.79 Å². The molecule has 1 unspecified atom stereocenters. The van der Waals surface area contributed by atoms with Gasteiger partial charge in [0.1, 0.15) is 0 Å². The SMILES string of the molecule is CC1CN(c2ccc(C(=O)O)o2)CC(C)(C)O1. The molecule has 0 aromatic carbocycles. The van der Waals surface area contributed by atoms with Crippen molar-refractivity contribution in [2.24, 2.45) is 0 Å². The minimum absolute atomic E-state index is 0.0306. The van der Waals surface area contributed by atoms with Crippen LogP contribution in [0.15, 0.2) is 16.5 Å². The zero-order valence-corrected chi connectivity index (χ0v) is 10.3. The minimum atomic E-state index is -1.04. The molecule has 5 heteroatoms. The fourth-order valence-electron chi connectivity index (χ4n) is 2.23. The third kappa shape index (κ3) is 2.61. The predicted molar refractivity (Wildman–Crippen MR) is 62.5 cm³/mol. The standard InChI is InChI=1S/C12H17NO4/c1-8-6-13(7-12(2,3)17-8)10-5-4-9(16-10)11(14)15/h4-5,8H,6-7H2,1-3H3,(H,14,15). The van der Waals surface area contributed by atoms with Crippen molar-refractivity contribution in [1.82, 2.24) is 0 Å². The van der Waals surface area contributed by atoms with E-state index in [-0.39, 0.29) is 17.5 Å². The van der Waals surface area contributed by atoms with Gasteiger partial charge in [-0.2, -0.15) is 0 Å². The van der Waals surface area contributed by atoms with E-state index < -0.39 is 5.97 Å². The third-order valence-corrected chi connectivity index (χ3v) is 2.68. The number of furan rings is 1. The number of ether oxygens (including phenoxy) is 1. The number of hydrogen-bond acceptors (Lipinski definition) is 4. The Labute approximate surface area is 100.0 Å². The Balaban J connectivity index is 2.18. The van der Waals surface area contributed by atoms with E-state index in [1.54, 1.807) is 6.07 Å². The van der Waals surface area contributed by atoms with Crippen LogP contribution in [-0.4, -0.2) is 35.9 Å². The fourth-order valence-corrected chi connectivity index (χ4v) is 2.23. The summed E-state index contributed by atoms with van der Waals surface area (Å²) >= 11 is 0. The first-order valence-corrected chi connectivity index (χ1v) is 5.63. The summed E-state index contributed by atoms with van der Waals surface area (Å²) in [7, 11) is 0. The maximum atomic E-state index is 10.8. The highest BCUT2D eigenvalue weighted by Crippen LogP contribution is 2.27. The molecule has 5 nitrogen and oxygen atoms in total. The van der Waals surface area contributed by atoms with E-state index in [0.717, 1.165) is 0 Å². The summed E-state index contributed by atoms with van der Waals surface area (Å²) in [4.78, 5) is 12.8. The summed E-state index contributed by atoms with van der Waals surface area (Å²) < 4.78 is 11.1. The van der Waals surface area contributed by atoms with Crippen LogP contribution in [0.4, 0.5) is 5.88 Å². The van der Waals surface area contributed by atoms with Crippen molar-refractivity contribution in [3.05, 3.63) is 17.9 Å². The highest BCUT2D eigenvalue weighted by atomic mass is 16.5. The van der Waals surface area contributed by atoms with Crippen molar-refractivity contribution < 1.29 is 19.1 Å². The lowest BCUT2D eigenvalue weighted by atomic mass is 10.1. The van der Waals surface area contributed by atoms with E-state index >= 15 is 0 Å². The molecule has 0 bridgehead atoms. The molecule has 1 saturated heterocycles. The van der Waals surface area contributed by atoms with Crippen molar-refractivity contribution >= 4 is 11.9 Å². The number of nitrogens with zero attached hydrogens (tertiary/aromatic N) is 1. The monoisotopic (exact) mass is 239 g/mol. The van der Waals surface area contributed by atoms with Crippen LogP contribution in [0.2, 0.25) is 0 Å². The van der Waals surface area contributed by atoms with Crippen molar-refractivity contribution in [3.63, 3.8) is 0 Å². The summed E-state index contributed by atoms with van der Waals surface area (Å²) in [5.74, 6) is -0.487. The van der Waals surface area contributed by atoms with Crippen molar-refractivity contribution in [3.8, 4) is 0 Å². The van der Waals surface area contributed by atoms with Gasteiger partial charge in [0.2, 0.25) is 5.76 Å². The maximum Gasteiger partial charge on any atom is 0.371 e. The molecule has 17 heavy (non-hydrogen) atoms. The lowest BCUT2D eigenvalue weighted by Crippen LogP contribution is -2.51. The highest BCUT2D eigenvalue weighted by molar-refractivity contribution is 5.84. The molecular formula is C12H17NO4. The van der Waals surface area contributed by atoms with Crippen molar-refractivity contribution in [1.29, 1.82) is 0 Å². The lowest BCUT2D eigenvalue weighted by molar-refractivity contribution is -0.0758. The van der Waals surface area contributed by atoms with Gasteiger partial charge in [-0.05, 0) is 26.8 Å². The van der Waals surface area contributed by atoms with E-state index in [2.05, 4.69) is 0 Å². The van der Waals surface area contributed by atoms with Crippen LogP contribution in [0.25, 0.3) is 0 Å². The number of anilines is 1. The zero-order valence-electron chi connectivity index (χ0n) is 10.3. The van der Waals surface area contributed by atoms with E-state index in [0.29, 0.717) is 19.0 Å². The summed E-state index contributed by atoms with van der Waals surface area (Å²) in [6.07, 6.45) is 0.0946. The zero-order chi connectivity index (χ0) is 12.6. The number of carbonyl (C=O) groups is 1. The molecule has 1 atom stereocenters. The largest absolute Gasteiger partial charge is 0.475 e. The first kappa shape index (κ1) is 12.0. The summed E-state index contributed by atoms with van der Waals surface area (Å²) in [5, 5.41) is 8.81. The lowest BCUT2D eigenvalue weighted by Gasteiger charge is -2.41. The van der Waals surface area contributed by atoms with Crippen LogP contribution < -0.4 is 4.90 Å². The van der Waals surface area contributed by atoms with Crippen LogP contribution in [0.3, 0.4) is 0 Å². The molecule has 1 aromatic rings. The first-order valence-electron chi connectivity index (χ1n) is 5.63. The van der Waals surface area contributed by atoms with Gasteiger partial charge < -0.3 is 19.2 Å². The van der Waals surface area contributed by atoms with Crippen LogP contribution in [0, 0.1) is 0 Å². The van der Waals surface area contributed by atoms with Gasteiger partial charge in [-0.3, -0.25) is 0 Å². The molecule has 0 saturated carbocycles.